The molecule has 4 rings (SSSR count). The third-order valence-corrected chi connectivity index (χ3v) is 4.28. The molecule has 1 aliphatic rings. The van der Waals surface area contributed by atoms with Crippen molar-refractivity contribution in [2.75, 3.05) is 18.6 Å². The molecular weight excluding hydrogens is 276 g/mol. The molecule has 1 unspecified atom stereocenters. The second-order valence-corrected chi connectivity index (χ2v) is 5.59. The summed E-state index contributed by atoms with van der Waals surface area (Å²) in [6, 6.07) is 17.2. The highest BCUT2D eigenvalue weighted by Gasteiger charge is 2.29. The number of methoxy groups -OCH3 is 1. The highest BCUT2D eigenvalue weighted by Crippen LogP contribution is 2.37. The van der Waals surface area contributed by atoms with Gasteiger partial charge in [0.25, 0.3) is 6.01 Å². The van der Waals surface area contributed by atoms with Crippen molar-refractivity contribution in [1.82, 2.24) is 4.98 Å². The van der Waals surface area contributed by atoms with Crippen molar-refractivity contribution in [1.29, 1.82) is 0 Å². The van der Waals surface area contributed by atoms with E-state index >= 15 is 0 Å². The van der Waals surface area contributed by atoms with E-state index in [-0.39, 0.29) is 0 Å². The van der Waals surface area contributed by atoms with Gasteiger partial charge in [0, 0.05) is 6.54 Å². The van der Waals surface area contributed by atoms with Crippen LogP contribution in [0.2, 0.25) is 0 Å². The first-order valence-corrected chi connectivity index (χ1v) is 7.61. The maximum Gasteiger partial charge on any atom is 0.298 e. The molecule has 0 spiro atoms. The van der Waals surface area contributed by atoms with E-state index < -0.39 is 0 Å². The molecule has 1 aliphatic heterocycles. The number of para-hydroxylation sites is 2. The minimum Gasteiger partial charge on any atom is -0.497 e. The predicted octanol–water partition coefficient (Wildman–Crippen LogP) is 4.18. The molecule has 4 heteroatoms. The third-order valence-electron chi connectivity index (χ3n) is 4.28. The molecule has 0 radical (unpaired) electrons. The summed E-state index contributed by atoms with van der Waals surface area (Å²) >= 11 is 0. The van der Waals surface area contributed by atoms with Gasteiger partial charge in [-0.25, -0.2) is 0 Å². The minimum absolute atomic E-state index is 0.318. The number of nitrogens with zero attached hydrogens (tertiary/aromatic N) is 2. The van der Waals surface area contributed by atoms with Crippen molar-refractivity contribution in [3.63, 3.8) is 0 Å². The monoisotopic (exact) mass is 294 g/mol. The van der Waals surface area contributed by atoms with Gasteiger partial charge in [0.2, 0.25) is 0 Å². The first-order chi connectivity index (χ1) is 10.8. The van der Waals surface area contributed by atoms with Crippen molar-refractivity contribution < 1.29 is 9.15 Å². The van der Waals surface area contributed by atoms with E-state index in [1.165, 1.54) is 5.56 Å². The van der Waals surface area contributed by atoms with Crippen LogP contribution in [0, 0.1) is 0 Å². The average molecular weight is 294 g/mol. The van der Waals surface area contributed by atoms with E-state index in [4.69, 9.17) is 9.15 Å². The Kier molecular flexibility index (Phi) is 3.22. The Morgan fingerprint density at radius 3 is 2.73 bits per heavy atom. The van der Waals surface area contributed by atoms with Gasteiger partial charge < -0.3 is 14.1 Å². The summed E-state index contributed by atoms with van der Waals surface area (Å²) in [4.78, 5) is 6.90. The Labute approximate surface area is 129 Å². The predicted molar refractivity (Wildman–Crippen MR) is 86.3 cm³/mol. The molecular formula is C18H18N2O2. The lowest BCUT2D eigenvalue weighted by atomic mass is 10.0. The molecule has 0 amide bonds. The molecule has 1 saturated heterocycles. The van der Waals surface area contributed by atoms with E-state index in [9.17, 15) is 0 Å². The van der Waals surface area contributed by atoms with Crippen molar-refractivity contribution >= 4 is 17.1 Å². The van der Waals surface area contributed by atoms with Gasteiger partial charge in [-0.3, -0.25) is 0 Å². The lowest BCUT2D eigenvalue weighted by Gasteiger charge is -2.23. The maximum absolute atomic E-state index is 5.94. The SMILES string of the molecule is COc1ccc(C2CCCN2c2nc3ccccc3o2)cc1. The van der Waals surface area contributed by atoms with Gasteiger partial charge in [-0.05, 0) is 42.7 Å². The fourth-order valence-corrected chi connectivity index (χ4v) is 3.15. The van der Waals surface area contributed by atoms with E-state index in [2.05, 4.69) is 22.0 Å². The van der Waals surface area contributed by atoms with Crippen LogP contribution in [0.5, 0.6) is 5.75 Å². The van der Waals surface area contributed by atoms with Crippen LogP contribution in [0.15, 0.2) is 52.9 Å². The van der Waals surface area contributed by atoms with Crippen molar-refractivity contribution in [2.45, 2.75) is 18.9 Å². The molecule has 2 heterocycles. The maximum atomic E-state index is 5.94. The van der Waals surface area contributed by atoms with Crippen LogP contribution in [0.1, 0.15) is 24.4 Å². The van der Waals surface area contributed by atoms with Crippen LogP contribution in [0.25, 0.3) is 11.1 Å². The molecule has 22 heavy (non-hydrogen) atoms. The Balaban J connectivity index is 1.67. The zero-order valence-corrected chi connectivity index (χ0v) is 12.5. The van der Waals surface area contributed by atoms with Gasteiger partial charge in [0.1, 0.15) is 11.3 Å². The first kappa shape index (κ1) is 13.2. The highest BCUT2D eigenvalue weighted by atomic mass is 16.5. The van der Waals surface area contributed by atoms with Gasteiger partial charge in [-0.15, -0.1) is 0 Å². The van der Waals surface area contributed by atoms with E-state index in [0.29, 0.717) is 6.04 Å². The average Bonchev–Trinajstić information content (AvgIpc) is 3.21. The minimum atomic E-state index is 0.318. The molecule has 0 saturated carbocycles. The molecule has 0 N–H and O–H groups in total. The molecule has 112 valence electrons. The number of oxazole rings is 1. The standard InChI is InChI=1S/C18H18N2O2/c1-21-14-10-8-13(9-11-14)16-6-4-12-20(16)18-19-15-5-2-3-7-17(15)22-18/h2-3,5,7-11,16H,4,6,12H2,1H3. The molecule has 2 aromatic carbocycles. The quantitative estimate of drug-likeness (QED) is 0.726. The summed E-state index contributed by atoms with van der Waals surface area (Å²) < 4.78 is 11.2. The van der Waals surface area contributed by atoms with Crippen LogP contribution in [-0.4, -0.2) is 18.6 Å². The van der Waals surface area contributed by atoms with Crippen molar-refractivity contribution in [3.8, 4) is 5.75 Å². The van der Waals surface area contributed by atoms with Crippen molar-refractivity contribution in [3.05, 3.63) is 54.1 Å². The Morgan fingerprint density at radius 2 is 1.95 bits per heavy atom. The topological polar surface area (TPSA) is 38.5 Å². The second-order valence-electron chi connectivity index (χ2n) is 5.59. The fraction of sp³-hybridized carbons (Fsp3) is 0.278. The molecule has 0 bridgehead atoms. The summed E-state index contributed by atoms with van der Waals surface area (Å²) in [5, 5.41) is 0. The van der Waals surface area contributed by atoms with E-state index in [1.807, 2.05) is 36.4 Å². The van der Waals surface area contributed by atoms with Gasteiger partial charge in [-0.2, -0.15) is 4.98 Å². The fourth-order valence-electron chi connectivity index (χ4n) is 3.15. The summed E-state index contributed by atoms with van der Waals surface area (Å²) in [5.74, 6) is 0.884. The van der Waals surface area contributed by atoms with Crippen molar-refractivity contribution in [2.24, 2.45) is 0 Å². The van der Waals surface area contributed by atoms with E-state index in [0.717, 1.165) is 42.3 Å². The van der Waals surface area contributed by atoms with Crippen LogP contribution < -0.4 is 9.64 Å². The largest absolute Gasteiger partial charge is 0.497 e. The molecule has 1 fully saturated rings. The number of fused-ring (bicyclic) bond motifs is 1. The number of aromatic nitrogens is 1. The summed E-state index contributed by atoms with van der Waals surface area (Å²) in [6.07, 6.45) is 2.26. The molecule has 0 aliphatic carbocycles. The zero-order valence-electron chi connectivity index (χ0n) is 12.5. The summed E-state index contributed by atoms with van der Waals surface area (Å²) in [6.45, 7) is 0.976. The number of benzene rings is 2. The summed E-state index contributed by atoms with van der Waals surface area (Å²) in [5.41, 5.74) is 3.04. The molecule has 4 nitrogen and oxygen atoms in total. The second kappa shape index (κ2) is 5.37. The van der Waals surface area contributed by atoms with Gasteiger partial charge >= 0.3 is 0 Å². The smallest absolute Gasteiger partial charge is 0.298 e. The third kappa shape index (κ3) is 2.21. The first-order valence-electron chi connectivity index (χ1n) is 7.61. The van der Waals surface area contributed by atoms with Crippen LogP contribution in [0.4, 0.5) is 6.01 Å². The molecule has 1 aromatic heterocycles. The summed E-state index contributed by atoms with van der Waals surface area (Å²) in [7, 11) is 1.69. The number of rotatable bonds is 3. The zero-order chi connectivity index (χ0) is 14.9. The molecule has 1 atom stereocenters. The van der Waals surface area contributed by atoms with E-state index in [1.54, 1.807) is 7.11 Å². The Morgan fingerprint density at radius 1 is 1.14 bits per heavy atom. The Hall–Kier alpha value is -2.49. The van der Waals surface area contributed by atoms with Gasteiger partial charge in [-0.1, -0.05) is 24.3 Å². The van der Waals surface area contributed by atoms with Gasteiger partial charge in [0.05, 0.1) is 13.2 Å². The number of hydrogen-bond acceptors (Lipinski definition) is 4. The van der Waals surface area contributed by atoms with Crippen LogP contribution >= 0.6 is 0 Å². The van der Waals surface area contributed by atoms with Gasteiger partial charge in [0.15, 0.2) is 5.58 Å². The lowest BCUT2D eigenvalue weighted by molar-refractivity contribution is 0.414. The number of anilines is 1. The Bertz CT molecular complexity index is 746. The number of hydrogen-bond donors (Lipinski definition) is 0. The molecule has 3 aromatic rings. The lowest BCUT2D eigenvalue weighted by Crippen LogP contribution is -2.22. The van der Waals surface area contributed by atoms with Crippen LogP contribution in [-0.2, 0) is 0 Å². The highest BCUT2D eigenvalue weighted by molar-refractivity contribution is 5.74. The normalized spacial score (nSPS) is 18.0. The number of ether oxygens (including phenoxy) is 1. The van der Waals surface area contributed by atoms with Crippen LogP contribution in [0.3, 0.4) is 0 Å².